The molecule has 1 amide bonds. The van der Waals surface area contributed by atoms with E-state index in [-0.39, 0.29) is 22.5 Å². The molecule has 0 saturated carbocycles. The van der Waals surface area contributed by atoms with Crippen molar-refractivity contribution >= 4 is 55.1 Å². The molecule has 35 heavy (non-hydrogen) atoms. The highest BCUT2D eigenvalue weighted by Crippen LogP contribution is 2.43. The molecule has 9 heteroatoms. The molecule has 5 rings (SSSR count). The highest BCUT2D eigenvalue weighted by atomic mass is 79.9. The van der Waals surface area contributed by atoms with Gasteiger partial charge in [-0.05, 0) is 42.8 Å². The number of halogens is 1. The summed E-state index contributed by atoms with van der Waals surface area (Å²) in [6.07, 6.45) is 1.63. The first-order valence-electron chi connectivity index (χ1n) is 10.7. The van der Waals surface area contributed by atoms with E-state index in [0.717, 1.165) is 15.8 Å². The minimum absolute atomic E-state index is 0.0375. The SMILES string of the molecule is C=CCOc1cccc(C2c3c(oc4ccc(Br)cc4c3=O)C(=O)N2c2nc(C)c(C(C)=O)s2)c1. The Morgan fingerprint density at radius 1 is 1.29 bits per heavy atom. The van der Waals surface area contributed by atoms with Crippen molar-refractivity contribution in [2.75, 3.05) is 11.5 Å². The summed E-state index contributed by atoms with van der Waals surface area (Å²) in [6.45, 7) is 7.15. The number of ether oxygens (including phenoxy) is 1. The van der Waals surface area contributed by atoms with Crippen LogP contribution in [0.2, 0.25) is 0 Å². The van der Waals surface area contributed by atoms with E-state index in [1.807, 2.05) is 6.07 Å². The number of hydrogen-bond donors (Lipinski definition) is 0. The van der Waals surface area contributed by atoms with E-state index >= 15 is 0 Å². The van der Waals surface area contributed by atoms with Gasteiger partial charge in [0.05, 0.1) is 27.6 Å². The van der Waals surface area contributed by atoms with E-state index in [4.69, 9.17) is 9.15 Å². The highest BCUT2D eigenvalue weighted by Gasteiger charge is 2.45. The van der Waals surface area contributed by atoms with Crippen molar-refractivity contribution in [2.24, 2.45) is 0 Å². The molecule has 0 fully saturated rings. The number of nitrogens with zero attached hydrogens (tertiary/aromatic N) is 2. The van der Waals surface area contributed by atoms with E-state index in [1.54, 1.807) is 49.4 Å². The smallest absolute Gasteiger partial charge is 0.297 e. The number of fused-ring (bicyclic) bond motifs is 2. The molecule has 4 aromatic rings. The van der Waals surface area contributed by atoms with E-state index in [9.17, 15) is 14.4 Å². The van der Waals surface area contributed by atoms with Crippen molar-refractivity contribution in [1.29, 1.82) is 0 Å². The summed E-state index contributed by atoms with van der Waals surface area (Å²) in [4.78, 5) is 46.0. The zero-order chi connectivity index (χ0) is 24.9. The van der Waals surface area contributed by atoms with Crippen LogP contribution in [0.15, 0.2) is 68.8 Å². The maximum absolute atomic E-state index is 13.7. The van der Waals surface area contributed by atoms with Crippen LogP contribution in [0.25, 0.3) is 11.0 Å². The molecule has 0 aliphatic carbocycles. The number of anilines is 1. The van der Waals surface area contributed by atoms with Gasteiger partial charge in [0, 0.05) is 11.4 Å². The number of Topliss-reactive ketones (excluding diaryl/α,β-unsaturated/α-hetero) is 1. The second-order valence-corrected chi connectivity index (χ2v) is 9.92. The molecule has 1 unspecified atom stereocenters. The van der Waals surface area contributed by atoms with Crippen LogP contribution in [-0.2, 0) is 0 Å². The Morgan fingerprint density at radius 3 is 2.80 bits per heavy atom. The summed E-state index contributed by atoms with van der Waals surface area (Å²) in [6, 6.07) is 11.4. The number of aromatic nitrogens is 1. The number of thiazole rings is 1. The topological polar surface area (TPSA) is 89.7 Å². The number of rotatable bonds is 6. The Balaban J connectivity index is 1.77. The molecule has 0 saturated heterocycles. The van der Waals surface area contributed by atoms with E-state index in [0.29, 0.717) is 44.6 Å². The second-order valence-electron chi connectivity index (χ2n) is 8.03. The summed E-state index contributed by atoms with van der Waals surface area (Å²) in [5.74, 6) is -0.106. The van der Waals surface area contributed by atoms with Crippen molar-refractivity contribution < 1.29 is 18.7 Å². The second kappa shape index (κ2) is 8.90. The summed E-state index contributed by atoms with van der Waals surface area (Å²) in [7, 11) is 0. The standard InChI is InChI=1S/C26H19BrN2O5S/c1-4-10-33-17-7-5-6-15(11-17)21-20-22(31)18-12-16(27)8-9-19(18)34-23(20)25(32)29(21)26-28-13(2)24(35-26)14(3)30/h4-9,11-12,21H,1,10H2,2-3H3. The predicted octanol–water partition coefficient (Wildman–Crippen LogP) is 5.84. The lowest BCUT2D eigenvalue weighted by Gasteiger charge is -2.23. The van der Waals surface area contributed by atoms with Crippen molar-refractivity contribution in [2.45, 2.75) is 19.9 Å². The van der Waals surface area contributed by atoms with E-state index in [1.165, 1.54) is 11.8 Å². The molecule has 0 radical (unpaired) electrons. The Hall–Kier alpha value is -3.56. The molecule has 2 aromatic heterocycles. The first kappa shape index (κ1) is 23.2. The monoisotopic (exact) mass is 550 g/mol. The zero-order valence-corrected chi connectivity index (χ0v) is 21.2. The number of benzene rings is 2. The van der Waals surface area contributed by atoms with Crippen LogP contribution < -0.4 is 15.1 Å². The number of ketones is 1. The van der Waals surface area contributed by atoms with Gasteiger partial charge in [-0.25, -0.2) is 4.98 Å². The van der Waals surface area contributed by atoms with Crippen molar-refractivity contribution in [1.82, 2.24) is 4.98 Å². The predicted molar refractivity (Wildman–Crippen MR) is 138 cm³/mol. The van der Waals surface area contributed by atoms with Gasteiger partial charge < -0.3 is 9.15 Å². The molecule has 176 valence electrons. The fraction of sp³-hybridized carbons (Fsp3) is 0.154. The number of amides is 1. The summed E-state index contributed by atoms with van der Waals surface area (Å²) < 4.78 is 12.4. The minimum Gasteiger partial charge on any atom is -0.490 e. The fourth-order valence-electron chi connectivity index (χ4n) is 4.20. The van der Waals surface area contributed by atoms with Gasteiger partial charge >= 0.3 is 0 Å². The van der Waals surface area contributed by atoms with Crippen LogP contribution in [-0.4, -0.2) is 23.3 Å². The maximum atomic E-state index is 13.7. The van der Waals surface area contributed by atoms with Crippen LogP contribution >= 0.6 is 27.3 Å². The van der Waals surface area contributed by atoms with Crippen LogP contribution in [0.5, 0.6) is 5.75 Å². The van der Waals surface area contributed by atoms with Crippen molar-refractivity contribution in [3.8, 4) is 5.75 Å². The largest absolute Gasteiger partial charge is 0.490 e. The van der Waals surface area contributed by atoms with Crippen LogP contribution in [0.3, 0.4) is 0 Å². The Bertz CT molecular complexity index is 1590. The quantitative estimate of drug-likeness (QED) is 0.221. The van der Waals surface area contributed by atoms with Gasteiger partial charge in [0.2, 0.25) is 5.76 Å². The van der Waals surface area contributed by atoms with Crippen molar-refractivity contribution in [3.05, 3.63) is 97.3 Å². The molecular formula is C26H19BrN2O5S. The normalized spacial score (nSPS) is 14.9. The van der Waals surface area contributed by atoms with E-state index < -0.39 is 11.9 Å². The maximum Gasteiger partial charge on any atom is 0.297 e. The Kier molecular flexibility index (Phi) is 5.90. The lowest BCUT2D eigenvalue weighted by Crippen LogP contribution is -2.29. The molecule has 1 aliphatic heterocycles. The van der Waals surface area contributed by atoms with E-state index in [2.05, 4.69) is 27.5 Å². The van der Waals surface area contributed by atoms with Crippen LogP contribution in [0, 0.1) is 6.92 Å². The minimum atomic E-state index is -0.810. The molecule has 0 N–H and O–H groups in total. The third kappa shape index (κ3) is 3.90. The lowest BCUT2D eigenvalue weighted by atomic mass is 9.98. The van der Waals surface area contributed by atoms with Crippen molar-refractivity contribution in [3.63, 3.8) is 0 Å². The van der Waals surface area contributed by atoms with Gasteiger partial charge in [-0.2, -0.15) is 0 Å². The first-order chi connectivity index (χ1) is 16.8. The number of carbonyl (C=O) groups excluding carboxylic acids is 2. The highest BCUT2D eigenvalue weighted by molar-refractivity contribution is 9.10. The van der Waals surface area contributed by atoms with Crippen LogP contribution in [0.4, 0.5) is 5.13 Å². The molecule has 1 aliphatic rings. The molecular weight excluding hydrogens is 532 g/mol. The van der Waals surface area contributed by atoms with Gasteiger partial charge in [0.15, 0.2) is 16.3 Å². The van der Waals surface area contributed by atoms with Gasteiger partial charge in [-0.3, -0.25) is 19.3 Å². The zero-order valence-electron chi connectivity index (χ0n) is 18.8. The van der Waals surface area contributed by atoms with Gasteiger partial charge in [0.25, 0.3) is 5.91 Å². The molecule has 1 atom stereocenters. The number of aryl methyl sites for hydroxylation is 1. The molecule has 2 aromatic carbocycles. The summed E-state index contributed by atoms with van der Waals surface area (Å²) >= 11 is 4.52. The third-order valence-electron chi connectivity index (χ3n) is 5.69. The molecule has 0 bridgehead atoms. The first-order valence-corrected chi connectivity index (χ1v) is 12.3. The number of hydrogen-bond acceptors (Lipinski definition) is 7. The Labute approximate surface area is 212 Å². The summed E-state index contributed by atoms with van der Waals surface area (Å²) in [5, 5.41) is 0.674. The third-order valence-corrected chi connectivity index (χ3v) is 7.44. The molecule has 3 heterocycles. The Morgan fingerprint density at radius 2 is 2.09 bits per heavy atom. The van der Waals surface area contributed by atoms with Gasteiger partial charge in [0.1, 0.15) is 17.9 Å². The molecule has 7 nitrogen and oxygen atoms in total. The average molecular weight is 551 g/mol. The fourth-order valence-corrected chi connectivity index (χ4v) is 5.55. The van der Waals surface area contributed by atoms with Gasteiger partial charge in [-0.1, -0.05) is 52.1 Å². The average Bonchev–Trinajstić information content (AvgIpc) is 3.36. The summed E-state index contributed by atoms with van der Waals surface area (Å²) in [5.41, 5.74) is 1.40. The van der Waals surface area contributed by atoms with Crippen LogP contribution in [0.1, 0.15) is 50.0 Å². The lowest BCUT2D eigenvalue weighted by molar-refractivity contribution is 0.0969. The number of carbonyl (C=O) groups is 2. The van der Waals surface area contributed by atoms with Gasteiger partial charge in [-0.15, -0.1) is 0 Å². The molecule has 0 spiro atoms.